The molecule has 5 heteroatoms. The van der Waals surface area contributed by atoms with Crippen molar-refractivity contribution in [2.75, 3.05) is 6.54 Å². The first-order valence-electron chi connectivity index (χ1n) is 5.94. The fraction of sp³-hybridized carbons (Fsp3) is 0.308. The Hall–Kier alpha value is -1.33. The van der Waals surface area contributed by atoms with E-state index in [1.54, 1.807) is 0 Å². The van der Waals surface area contributed by atoms with Crippen LogP contribution < -0.4 is 5.73 Å². The Morgan fingerprint density at radius 2 is 2.17 bits per heavy atom. The van der Waals surface area contributed by atoms with Gasteiger partial charge >= 0.3 is 0 Å². The van der Waals surface area contributed by atoms with E-state index in [1.807, 2.05) is 7.05 Å². The number of benzene rings is 1. The Kier molecular flexibility index (Phi) is 2.68. The van der Waals surface area contributed by atoms with Gasteiger partial charge in [-0.05, 0) is 31.2 Å². The average molecular weight is 307 g/mol. The second kappa shape index (κ2) is 4.10. The standard InChI is InChI=1S/C13H15BrN4/c1-8-5-9(14)6-11-12(8)16-13-17(2)10(3-4-15)7-18(11)13/h5-7H,3-4,15H2,1-2H3. The van der Waals surface area contributed by atoms with Crippen molar-refractivity contribution in [2.45, 2.75) is 13.3 Å². The third-order valence-electron chi connectivity index (χ3n) is 3.34. The van der Waals surface area contributed by atoms with Crippen molar-refractivity contribution in [1.29, 1.82) is 0 Å². The summed E-state index contributed by atoms with van der Waals surface area (Å²) in [5.74, 6) is 0.967. The summed E-state index contributed by atoms with van der Waals surface area (Å²) in [7, 11) is 2.04. The SMILES string of the molecule is Cc1cc(Br)cc2c1nc1n(C)c(CCN)cn21. The molecule has 2 aromatic heterocycles. The van der Waals surface area contributed by atoms with Crippen LogP contribution in [0.3, 0.4) is 0 Å². The molecular weight excluding hydrogens is 292 g/mol. The quantitative estimate of drug-likeness (QED) is 0.790. The Bertz CT molecular complexity index is 738. The molecule has 0 aliphatic rings. The van der Waals surface area contributed by atoms with Crippen molar-refractivity contribution in [2.24, 2.45) is 12.8 Å². The lowest BCUT2D eigenvalue weighted by atomic mass is 10.2. The van der Waals surface area contributed by atoms with Crippen molar-refractivity contribution in [1.82, 2.24) is 14.0 Å². The third kappa shape index (κ3) is 1.58. The summed E-state index contributed by atoms with van der Waals surface area (Å²) in [6, 6.07) is 4.20. The van der Waals surface area contributed by atoms with Gasteiger partial charge < -0.3 is 10.3 Å². The van der Waals surface area contributed by atoms with Gasteiger partial charge in [0.1, 0.15) is 0 Å². The molecule has 0 spiro atoms. The van der Waals surface area contributed by atoms with E-state index in [9.17, 15) is 0 Å². The number of aryl methyl sites for hydroxylation is 2. The van der Waals surface area contributed by atoms with Gasteiger partial charge in [-0.2, -0.15) is 0 Å². The van der Waals surface area contributed by atoms with Crippen LogP contribution in [-0.4, -0.2) is 20.5 Å². The van der Waals surface area contributed by atoms with Gasteiger partial charge in [0.2, 0.25) is 5.78 Å². The van der Waals surface area contributed by atoms with E-state index in [4.69, 9.17) is 10.7 Å². The first-order chi connectivity index (χ1) is 8.61. The number of imidazole rings is 2. The number of aromatic nitrogens is 3. The second-order valence-corrected chi connectivity index (χ2v) is 5.51. The minimum absolute atomic E-state index is 0.654. The maximum atomic E-state index is 5.63. The minimum Gasteiger partial charge on any atom is -0.330 e. The number of nitrogens with zero attached hydrogens (tertiary/aromatic N) is 3. The maximum absolute atomic E-state index is 5.63. The number of halogens is 1. The molecule has 0 saturated carbocycles. The Balaban J connectivity index is 2.38. The van der Waals surface area contributed by atoms with Crippen molar-refractivity contribution < 1.29 is 0 Å². The molecule has 0 fully saturated rings. The molecule has 4 nitrogen and oxygen atoms in total. The Labute approximate surface area is 114 Å². The lowest BCUT2D eigenvalue weighted by Gasteiger charge is -1.99. The normalized spacial score (nSPS) is 11.8. The highest BCUT2D eigenvalue weighted by molar-refractivity contribution is 9.10. The highest BCUT2D eigenvalue weighted by atomic mass is 79.9. The molecule has 18 heavy (non-hydrogen) atoms. The first-order valence-corrected chi connectivity index (χ1v) is 6.73. The Morgan fingerprint density at radius 1 is 1.39 bits per heavy atom. The van der Waals surface area contributed by atoms with Crippen molar-refractivity contribution in [3.63, 3.8) is 0 Å². The summed E-state index contributed by atoms with van der Waals surface area (Å²) < 4.78 is 5.33. The zero-order valence-electron chi connectivity index (χ0n) is 10.4. The molecule has 0 radical (unpaired) electrons. The second-order valence-electron chi connectivity index (χ2n) is 4.59. The maximum Gasteiger partial charge on any atom is 0.214 e. The van der Waals surface area contributed by atoms with Crippen LogP contribution in [-0.2, 0) is 13.5 Å². The molecule has 0 aliphatic heterocycles. The smallest absolute Gasteiger partial charge is 0.214 e. The van der Waals surface area contributed by atoms with E-state index in [1.165, 1.54) is 11.3 Å². The van der Waals surface area contributed by atoms with Crippen LogP contribution in [0.5, 0.6) is 0 Å². The van der Waals surface area contributed by atoms with E-state index in [0.717, 1.165) is 27.7 Å². The van der Waals surface area contributed by atoms with Crippen LogP contribution in [0, 0.1) is 6.92 Å². The van der Waals surface area contributed by atoms with E-state index >= 15 is 0 Å². The molecule has 2 N–H and O–H groups in total. The van der Waals surface area contributed by atoms with E-state index in [2.05, 4.69) is 50.2 Å². The third-order valence-corrected chi connectivity index (χ3v) is 3.80. The van der Waals surface area contributed by atoms with Crippen LogP contribution in [0.2, 0.25) is 0 Å². The van der Waals surface area contributed by atoms with Crippen LogP contribution in [0.15, 0.2) is 22.8 Å². The topological polar surface area (TPSA) is 48.2 Å². The molecule has 0 saturated heterocycles. The Morgan fingerprint density at radius 3 is 2.89 bits per heavy atom. The lowest BCUT2D eigenvalue weighted by Crippen LogP contribution is -2.06. The molecule has 0 atom stereocenters. The predicted molar refractivity (Wildman–Crippen MR) is 76.9 cm³/mol. The predicted octanol–water partition coefficient (Wildman–Crippen LogP) is 2.40. The number of nitrogens with two attached hydrogens (primary N) is 1. The summed E-state index contributed by atoms with van der Waals surface area (Å²) in [5, 5.41) is 0. The minimum atomic E-state index is 0.654. The first kappa shape index (κ1) is 11.7. The molecule has 0 aliphatic carbocycles. The summed E-state index contributed by atoms with van der Waals surface area (Å²) >= 11 is 3.54. The van der Waals surface area contributed by atoms with Crippen molar-refractivity contribution in [3.05, 3.63) is 34.1 Å². The van der Waals surface area contributed by atoms with Gasteiger partial charge in [0.05, 0.1) is 11.0 Å². The zero-order chi connectivity index (χ0) is 12.9. The summed E-state index contributed by atoms with van der Waals surface area (Å²) in [6.45, 7) is 2.74. The van der Waals surface area contributed by atoms with Crippen LogP contribution in [0.1, 0.15) is 11.3 Å². The number of hydrogen-bond donors (Lipinski definition) is 1. The van der Waals surface area contributed by atoms with Gasteiger partial charge in [-0.1, -0.05) is 15.9 Å². The van der Waals surface area contributed by atoms with Crippen molar-refractivity contribution in [3.8, 4) is 0 Å². The van der Waals surface area contributed by atoms with Gasteiger partial charge in [-0.3, -0.25) is 4.40 Å². The van der Waals surface area contributed by atoms with Gasteiger partial charge in [0.15, 0.2) is 0 Å². The molecule has 3 rings (SSSR count). The van der Waals surface area contributed by atoms with Crippen LogP contribution in [0.4, 0.5) is 0 Å². The van der Waals surface area contributed by atoms with Gasteiger partial charge in [0, 0.05) is 29.8 Å². The van der Waals surface area contributed by atoms with Crippen LogP contribution >= 0.6 is 15.9 Å². The number of rotatable bonds is 2. The summed E-state index contributed by atoms with van der Waals surface area (Å²) in [6.07, 6.45) is 3.00. The fourth-order valence-corrected chi connectivity index (χ4v) is 2.98. The van der Waals surface area contributed by atoms with Gasteiger partial charge in [0.25, 0.3) is 0 Å². The molecule has 94 valence electrons. The molecule has 0 amide bonds. The van der Waals surface area contributed by atoms with E-state index in [-0.39, 0.29) is 0 Å². The van der Waals surface area contributed by atoms with E-state index < -0.39 is 0 Å². The highest BCUT2D eigenvalue weighted by Crippen LogP contribution is 2.25. The molecule has 1 aromatic carbocycles. The number of fused-ring (bicyclic) bond motifs is 3. The summed E-state index contributed by atoms with van der Waals surface area (Å²) in [5.41, 5.74) is 10.2. The zero-order valence-corrected chi connectivity index (χ0v) is 12.0. The molecular formula is C13H15BrN4. The highest BCUT2D eigenvalue weighted by Gasteiger charge is 2.13. The summed E-state index contributed by atoms with van der Waals surface area (Å²) in [4.78, 5) is 4.72. The van der Waals surface area contributed by atoms with Gasteiger partial charge in [-0.25, -0.2) is 4.98 Å². The molecule has 2 heterocycles. The van der Waals surface area contributed by atoms with Crippen molar-refractivity contribution >= 4 is 32.7 Å². The molecule has 0 unspecified atom stereocenters. The number of hydrogen-bond acceptors (Lipinski definition) is 2. The lowest BCUT2D eigenvalue weighted by molar-refractivity contribution is 0.820. The largest absolute Gasteiger partial charge is 0.330 e. The molecule has 3 aromatic rings. The monoisotopic (exact) mass is 306 g/mol. The fourth-order valence-electron chi connectivity index (χ4n) is 2.42. The molecule has 0 bridgehead atoms. The average Bonchev–Trinajstić information content (AvgIpc) is 2.80. The van der Waals surface area contributed by atoms with Gasteiger partial charge in [-0.15, -0.1) is 0 Å². The van der Waals surface area contributed by atoms with E-state index in [0.29, 0.717) is 6.54 Å². The van der Waals surface area contributed by atoms with Crippen LogP contribution in [0.25, 0.3) is 16.8 Å².